The van der Waals surface area contributed by atoms with E-state index >= 15 is 0 Å². The Bertz CT molecular complexity index is 896. The molecular formula is C20H25N3O2. The quantitative estimate of drug-likeness (QED) is 0.726. The number of aliphatic hydroxyl groups excluding tert-OH is 1. The number of fused-ring (bicyclic) bond motifs is 1. The second-order valence-corrected chi connectivity index (χ2v) is 6.59. The van der Waals surface area contributed by atoms with Crippen LogP contribution in [-0.4, -0.2) is 33.9 Å². The van der Waals surface area contributed by atoms with Gasteiger partial charge >= 0.3 is 5.69 Å². The van der Waals surface area contributed by atoms with E-state index < -0.39 is 12.1 Å². The summed E-state index contributed by atoms with van der Waals surface area (Å²) in [5.74, 6) is 0. The van der Waals surface area contributed by atoms with Crippen LogP contribution in [0.5, 0.6) is 0 Å². The fourth-order valence-corrected chi connectivity index (χ4v) is 3.48. The van der Waals surface area contributed by atoms with Crippen LogP contribution >= 0.6 is 0 Å². The van der Waals surface area contributed by atoms with Crippen LogP contribution in [0.25, 0.3) is 11.0 Å². The fraction of sp³-hybridized carbons (Fsp3) is 0.350. The number of aromatic nitrogens is 2. The topological polar surface area (TPSA) is 59.2 Å². The summed E-state index contributed by atoms with van der Waals surface area (Å²) in [5.41, 5.74) is 2.55. The largest absolute Gasteiger partial charge is 0.389 e. The van der Waals surface area contributed by atoms with Crippen molar-refractivity contribution in [3.05, 3.63) is 70.6 Å². The second kappa shape index (κ2) is 7.25. The van der Waals surface area contributed by atoms with E-state index in [4.69, 9.17) is 0 Å². The number of aliphatic hydroxyl groups is 1. The summed E-state index contributed by atoms with van der Waals surface area (Å²) in [6.45, 7) is 4.40. The van der Waals surface area contributed by atoms with Gasteiger partial charge in [0.15, 0.2) is 0 Å². The van der Waals surface area contributed by atoms with Crippen molar-refractivity contribution in [2.75, 3.05) is 13.6 Å². The molecule has 132 valence electrons. The van der Waals surface area contributed by atoms with Crippen LogP contribution in [0.15, 0.2) is 59.4 Å². The molecule has 1 aromatic heterocycles. The first-order valence-electron chi connectivity index (χ1n) is 8.65. The average molecular weight is 339 g/mol. The minimum absolute atomic E-state index is 0.0384. The molecule has 0 unspecified atom stereocenters. The van der Waals surface area contributed by atoms with E-state index in [1.165, 1.54) is 0 Å². The highest BCUT2D eigenvalue weighted by molar-refractivity contribution is 5.76. The number of hydrogen-bond acceptors (Lipinski definition) is 3. The molecule has 0 aliphatic carbocycles. The third-order valence-electron chi connectivity index (χ3n) is 4.53. The van der Waals surface area contributed by atoms with E-state index in [1.54, 1.807) is 16.2 Å². The van der Waals surface area contributed by atoms with Gasteiger partial charge < -0.3 is 10.4 Å². The minimum atomic E-state index is -0.725. The lowest BCUT2D eigenvalue weighted by atomic mass is 10.0. The third kappa shape index (κ3) is 3.13. The molecule has 5 heteroatoms. The number of rotatable bonds is 6. The number of likely N-dealkylation sites (N-methyl/N-ethyl adjacent to an activating group) is 1. The van der Waals surface area contributed by atoms with Crippen molar-refractivity contribution < 1.29 is 5.11 Å². The molecule has 2 aromatic carbocycles. The monoisotopic (exact) mass is 339 g/mol. The maximum absolute atomic E-state index is 13.2. The molecule has 2 atom stereocenters. The summed E-state index contributed by atoms with van der Waals surface area (Å²) in [5, 5.41) is 13.8. The number of nitrogens with one attached hydrogen (secondary N) is 1. The van der Waals surface area contributed by atoms with Crippen molar-refractivity contribution in [2.45, 2.75) is 32.0 Å². The Kier molecular flexibility index (Phi) is 5.06. The maximum Gasteiger partial charge on any atom is 0.330 e. The molecule has 0 fully saturated rings. The highest BCUT2D eigenvalue weighted by Gasteiger charge is 2.28. The predicted molar refractivity (Wildman–Crippen MR) is 101 cm³/mol. The van der Waals surface area contributed by atoms with Gasteiger partial charge in [-0.1, -0.05) is 42.5 Å². The standard InChI is InChI=1S/C20H25N3O2/c1-14(2)22-16-11-7-8-12-17(16)23(20(22)25)19(18(24)13-21-3)15-9-5-4-6-10-15/h4-12,14,18-19,21,24H,13H2,1-3H3/t18-,19-/m0/s1. The van der Waals surface area contributed by atoms with E-state index in [1.807, 2.05) is 68.4 Å². The first-order valence-corrected chi connectivity index (χ1v) is 8.65. The van der Waals surface area contributed by atoms with E-state index in [0.717, 1.165) is 16.6 Å². The molecule has 0 saturated heterocycles. The molecule has 0 amide bonds. The van der Waals surface area contributed by atoms with E-state index in [0.29, 0.717) is 6.54 Å². The number of nitrogens with zero attached hydrogens (tertiary/aromatic N) is 2. The van der Waals surface area contributed by atoms with Gasteiger partial charge in [-0.05, 0) is 38.6 Å². The van der Waals surface area contributed by atoms with Gasteiger partial charge in [-0.3, -0.25) is 9.13 Å². The van der Waals surface area contributed by atoms with Gasteiger partial charge in [0, 0.05) is 12.6 Å². The zero-order valence-electron chi connectivity index (χ0n) is 14.9. The Morgan fingerprint density at radius 2 is 1.52 bits per heavy atom. The number of imidazole rings is 1. The highest BCUT2D eigenvalue weighted by Crippen LogP contribution is 2.27. The fourth-order valence-electron chi connectivity index (χ4n) is 3.48. The van der Waals surface area contributed by atoms with Crippen molar-refractivity contribution in [1.82, 2.24) is 14.5 Å². The zero-order valence-corrected chi connectivity index (χ0v) is 14.9. The maximum atomic E-state index is 13.2. The van der Waals surface area contributed by atoms with Gasteiger partial charge in [0.25, 0.3) is 0 Å². The molecule has 2 N–H and O–H groups in total. The molecule has 3 rings (SSSR count). The SMILES string of the molecule is CNC[C@H](O)[C@H](c1ccccc1)n1c(=O)n(C(C)C)c2ccccc21. The lowest BCUT2D eigenvalue weighted by molar-refractivity contribution is 0.130. The van der Waals surface area contributed by atoms with Gasteiger partial charge in [-0.15, -0.1) is 0 Å². The van der Waals surface area contributed by atoms with Crippen molar-refractivity contribution in [3.8, 4) is 0 Å². The lowest BCUT2D eigenvalue weighted by Crippen LogP contribution is -2.38. The van der Waals surface area contributed by atoms with Crippen LogP contribution in [0.1, 0.15) is 31.5 Å². The second-order valence-electron chi connectivity index (χ2n) is 6.59. The lowest BCUT2D eigenvalue weighted by Gasteiger charge is -2.25. The number of benzene rings is 2. The summed E-state index contributed by atoms with van der Waals surface area (Å²) in [6, 6.07) is 17.1. The molecule has 0 radical (unpaired) electrons. The smallest absolute Gasteiger partial charge is 0.330 e. The molecule has 0 spiro atoms. The van der Waals surface area contributed by atoms with Crippen molar-refractivity contribution in [2.24, 2.45) is 0 Å². The van der Waals surface area contributed by atoms with Crippen LogP contribution in [0.3, 0.4) is 0 Å². The third-order valence-corrected chi connectivity index (χ3v) is 4.53. The van der Waals surface area contributed by atoms with E-state index in [9.17, 15) is 9.90 Å². The predicted octanol–water partition coefficient (Wildman–Crippen LogP) is 2.55. The molecule has 0 aliphatic heterocycles. The Hall–Kier alpha value is -2.37. The molecule has 0 aliphatic rings. The molecule has 0 bridgehead atoms. The Balaban J connectivity index is 2.30. The highest BCUT2D eigenvalue weighted by atomic mass is 16.3. The van der Waals surface area contributed by atoms with Crippen LogP contribution in [0.4, 0.5) is 0 Å². The molecule has 0 saturated carbocycles. The van der Waals surface area contributed by atoms with Crippen LogP contribution in [0, 0.1) is 0 Å². The molecular weight excluding hydrogens is 314 g/mol. The normalized spacial score (nSPS) is 14.1. The summed E-state index contributed by atoms with van der Waals surface area (Å²) in [7, 11) is 1.80. The molecule has 3 aromatic rings. The number of hydrogen-bond donors (Lipinski definition) is 2. The van der Waals surface area contributed by atoms with Crippen LogP contribution in [-0.2, 0) is 0 Å². The van der Waals surface area contributed by atoms with Crippen molar-refractivity contribution in [3.63, 3.8) is 0 Å². The van der Waals surface area contributed by atoms with Crippen molar-refractivity contribution >= 4 is 11.0 Å². The first-order chi connectivity index (χ1) is 12.1. The Morgan fingerprint density at radius 1 is 0.960 bits per heavy atom. The van der Waals surface area contributed by atoms with Crippen LogP contribution in [0.2, 0.25) is 0 Å². The Morgan fingerprint density at radius 3 is 2.08 bits per heavy atom. The van der Waals surface area contributed by atoms with Gasteiger partial charge in [0.1, 0.15) is 0 Å². The Labute approximate surface area is 147 Å². The zero-order chi connectivity index (χ0) is 18.0. The van der Waals surface area contributed by atoms with Gasteiger partial charge in [0.2, 0.25) is 0 Å². The average Bonchev–Trinajstić information content (AvgIpc) is 2.89. The van der Waals surface area contributed by atoms with Gasteiger partial charge in [0.05, 0.1) is 23.2 Å². The summed E-state index contributed by atoms with van der Waals surface area (Å²) >= 11 is 0. The number of para-hydroxylation sites is 2. The summed E-state index contributed by atoms with van der Waals surface area (Å²) < 4.78 is 3.52. The van der Waals surface area contributed by atoms with Crippen LogP contribution < -0.4 is 11.0 Å². The summed E-state index contributed by atoms with van der Waals surface area (Å²) in [4.78, 5) is 13.2. The summed E-state index contributed by atoms with van der Waals surface area (Å²) in [6.07, 6.45) is -0.725. The molecule has 25 heavy (non-hydrogen) atoms. The van der Waals surface area contributed by atoms with E-state index in [2.05, 4.69) is 5.32 Å². The van der Waals surface area contributed by atoms with E-state index in [-0.39, 0.29) is 11.7 Å². The van der Waals surface area contributed by atoms with Gasteiger partial charge in [-0.2, -0.15) is 0 Å². The minimum Gasteiger partial charge on any atom is -0.389 e. The first kappa shape index (κ1) is 17.5. The molecule has 5 nitrogen and oxygen atoms in total. The van der Waals surface area contributed by atoms with Crippen molar-refractivity contribution in [1.29, 1.82) is 0 Å². The van der Waals surface area contributed by atoms with Gasteiger partial charge in [-0.25, -0.2) is 4.79 Å². The molecule has 1 heterocycles.